The molecule has 30 heavy (non-hydrogen) atoms. The molecule has 0 aliphatic carbocycles. The molecule has 0 bridgehead atoms. The maximum absolute atomic E-state index is 12.9. The van der Waals surface area contributed by atoms with Gasteiger partial charge in [-0.15, -0.1) is 0 Å². The highest BCUT2D eigenvalue weighted by Crippen LogP contribution is 2.39. The van der Waals surface area contributed by atoms with Crippen LogP contribution in [0.2, 0.25) is 0 Å². The number of nitriles is 1. The molecule has 3 aromatic rings. The molecule has 3 aromatic carbocycles. The molecule has 0 atom stereocenters. The van der Waals surface area contributed by atoms with Crippen molar-refractivity contribution in [3.05, 3.63) is 99.6 Å². The van der Waals surface area contributed by atoms with Gasteiger partial charge in [0.05, 0.1) is 22.1 Å². The molecule has 0 unspecified atom stereocenters. The lowest BCUT2D eigenvalue weighted by atomic mass is 10.0. The molecule has 0 saturated heterocycles. The van der Waals surface area contributed by atoms with Crippen molar-refractivity contribution >= 4 is 17.3 Å². The van der Waals surface area contributed by atoms with E-state index in [0.717, 1.165) is 6.07 Å². The number of benzene rings is 3. The van der Waals surface area contributed by atoms with Crippen molar-refractivity contribution in [1.82, 2.24) is 0 Å². The Bertz CT molecular complexity index is 1150. The van der Waals surface area contributed by atoms with E-state index in [2.05, 4.69) is 6.07 Å². The van der Waals surface area contributed by atoms with E-state index in [1.54, 1.807) is 54.6 Å². The van der Waals surface area contributed by atoms with Crippen LogP contribution in [-0.2, 0) is 6.18 Å². The van der Waals surface area contributed by atoms with Crippen LogP contribution in [0.5, 0.6) is 11.5 Å². The van der Waals surface area contributed by atoms with Crippen molar-refractivity contribution in [3.63, 3.8) is 0 Å². The second-order valence-corrected chi connectivity index (χ2v) is 6.11. The van der Waals surface area contributed by atoms with Gasteiger partial charge in [0.15, 0.2) is 0 Å². The molecule has 3 rings (SSSR count). The SMILES string of the molecule is N#C/C(=C\c1ccccc1Oc1ccc(C(F)(F)F)cc1[N+](=O)[O-])c1ccccc1. The number of nitro benzene ring substituents is 1. The fourth-order valence-electron chi connectivity index (χ4n) is 2.69. The number of hydrogen-bond donors (Lipinski definition) is 0. The highest BCUT2D eigenvalue weighted by atomic mass is 19.4. The Labute approximate surface area is 169 Å². The monoisotopic (exact) mass is 410 g/mol. The summed E-state index contributed by atoms with van der Waals surface area (Å²) in [5, 5.41) is 20.8. The number of alkyl halides is 3. The van der Waals surface area contributed by atoms with Crippen LogP contribution in [0, 0.1) is 21.4 Å². The van der Waals surface area contributed by atoms with Gasteiger partial charge in [-0.3, -0.25) is 10.1 Å². The van der Waals surface area contributed by atoms with E-state index in [4.69, 9.17) is 4.74 Å². The molecule has 150 valence electrons. The normalized spacial score (nSPS) is 11.6. The fraction of sp³-hybridized carbons (Fsp3) is 0.0455. The third kappa shape index (κ3) is 4.64. The number of allylic oxidation sites excluding steroid dienone is 1. The zero-order chi connectivity index (χ0) is 21.7. The van der Waals surface area contributed by atoms with Gasteiger partial charge in [-0.25, -0.2) is 0 Å². The molecule has 0 heterocycles. The lowest BCUT2D eigenvalue weighted by Crippen LogP contribution is -2.06. The molecule has 0 aliphatic heterocycles. The second-order valence-electron chi connectivity index (χ2n) is 6.11. The number of nitrogens with zero attached hydrogens (tertiary/aromatic N) is 2. The van der Waals surface area contributed by atoms with Crippen LogP contribution in [0.3, 0.4) is 0 Å². The molecule has 0 fully saturated rings. The molecular weight excluding hydrogens is 397 g/mol. The number of hydrogen-bond acceptors (Lipinski definition) is 4. The summed E-state index contributed by atoms with van der Waals surface area (Å²) in [6.45, 7) is 0. The van der Waals surface area contributed by atoms with Gasteiger partial charge >= 0.3 is 11.9 Å². The van der Waals surface area contributed by atoms with E-state index in [1.165, 1.54) is 6.07 Å². The molecule has 0 aliphatic rings. The minimum atomic E-state index is -4.72. The second kappa shape index (κ2) is 8.49. The first-order valence-electron chi connectivity index (χ1n) is 8.59. The Morgan fingerprint density at radius 2 is 1.67 bits per heavy atom. The van der Waals surface area contributed by atoms with E-state index in [1.807, 2.05) is 0 Å². The first kappa shape index (κ1) is 20.6. The Hall–Kier alpha value is -4.12. The smallest absolute Gasteiger partial charge is 0.416 e. The van der Waals surface area contributed by atoms with Crippen LogP contribution in [0.25, 0.3) is 11.6 Å². The van der Waals surface area contributed by atoms with Crippen molar-refractivity contribution in [3.8, 4) is 17.6 Å². The first-order chi connectivity index (χ1) is 14.3. The van der Waals surface area contributed by atoms with Gasteiger partial charge in [0.2, 0.25) is 5.75 Å². The molecule has 0 saturated carbocycles. The number of ether oxygens (including phenoxy) is 1. The number of nitro groups is 1. The Kier molecular flexibility index (Phi) is 5.83. The molecular formula is C22H13F3N2O3. The largest absolute Gasteiger partial charge is 0.449 e. The van der Waals surface area contributed by atoms with Gasteiger partial charge in [0.1, 0.15) is 5.75 Å². The molecule has 0 amide bonds. The Morgan fingerprint density at radius 1 is 1.00 bits per heavy atom. The number of para-hydroxylation sites is 1. The molecule has 0 N–H and O–H groups in total. The Balaban J connectivity index is 2.03. The molecule has 0 spiro atoms. The molecule has 8 heteroatoms. The summed E-state index contributed by atoms with van der Waals surface area (Å²) in [7, 11) is 0. The van der Waals surface area contributed by atoms with Crippen LogP contribution in [0.15, 0.2) is 72.8 Å². The van der Waals surface area contributed by atoms with E-state index < -0.39 is 22.4 Å². The third-order valence-electron chi connectivity index (χ3n) is 4.13. The average Bonchev–Trinajstić information content (AvgIpc) is 2.73. The summed E-state index contributed by atoms with van der Waals surface area (Å²) >= 11 is 0. The lowest BCUT2D eigenvalue weighted by Gasteiger charge is -2.12. The fourth-order valence-corrected chi connectivity index (χ4v) is 2.69. The summed E-state index contributed by atoms with van der Waals surface area (Å²) in [4.78, 5) is 10.4. The highest BCUT2D eigenvalue weighted by molar-refractivity contribution is 5.90. The van der Waals surface area contributed by atoms with Gasteiger partial charge < -0.3 is 4.74 Å². The van der Waals surface area contributed by atoms with Gasteiger partial charge in [0.25, 0.3) is 0 Å². The van der Waals surface area contributed by atoms with Crippen LogP contribution in [0.4, 0.5) is 18.9 Å². The summed E-state index contributed by atoms with van der Waals surface area (Å²) < 4.78 is 44.3. The van der Waals surface area contributed by atoms with Crippen LogP contribution in [-0.4, -0.2) is 4.92 Å². The first-order valence-corrected chi connectivity index (χ1v) is 8.59. The minimum Gasteiger partial charge on any atom is -0.449 e. The zero-order valence-electron chi connectivity index (χ0n) is 15.3. The van der Waals surface area contributed by atoms with Gasteiger partial charge in [-0.2, -0.15) is 18.4 Å². The standard InChI is InChI=1S/C22H13F3N2O3/c23-22(24,25)18-10-11-21(19(13-18)27(28)29)30-20-9-5-4-8-16(20)12-17(14-26)15-6-2-1-3-7-15/h1-13H/b17-12+. The third-order valence-corrected chi connectivity index (χ3v) is 4.13. The quantitative estimate of drug-likeness (QED) is 0.209. The number of rotatable bonds is 5. The topological polar surface area (TPSA) is 76.2 Å². The predicted molar refractivity (Wildman–Crippen MR) is 105 cm³/mol. The van der Waals surface area contributed by atoms with Crippen LogP contribution in [0.1, 0.15) is 16.7 Å². The van der Waals surface area contributed by atoms with Crippen molar-refractivity contribution < 1.29 is 22.8 Å². The van der Waals surface area contributed by atoms with Crippen molar-refractivity contribution in [2.24, 2.45) is 0 Å². The van der Waals surface area contributed by atoms with Crippen molar-refractivity contribution in [2.75, 3.05) is 0 Å². The summed E-state index contributed by atoms with van der Waals surface area (Å²) in [6, 6.07) is 19.4. The maximum Gasteiger partial charge on any atom is 0.416 e. The molecule has 0 aromatic heterocycles. The van der Waals surface area contributed by atoms with E-state index in [-0.39, 0.29) is 11.5 Å². The van der Waals surface area contributed by atoms with E-state index in [0.29, 0.717) is 28.8 Å². The van der Waals surface area contributed by atoms with Gasteiger partial charge in [0, 0.05) is 11.6 Å². The van der Waals surface area contributed by atoms with Gasteiger partial charge in [-0.05, 0) is 29.8 Å². The maximum atomic E-state index is 12.9. The lowest BCUT2D eigenvalue weighted by molar-refractivity contribution is -0.385. The van der Waals surface area contributed by atoms with E-state index in [9.17, 15) is 28.5 Å². The molecule has 0 radical (unpaired) electrons. The average molecular weight is 410 g/mol. The van der Waals surface area contributed by atoms with Gasteiger partial charge in [-0.1, -0.05) is 48.5 Å². The number of halogens is 3. The van der Waals surface area contributed by atoms with Crippen LogP contribution < -0.4 is 4.74 Å². The highest BCUT2D eigenvalue weighted by Gasteiger charge is 2.33. The van der Waals surface area contributed by atoms with Crippen molar-refractivity contribution in [1.29, 1.82) is 5.26 Å². The van der Waals surface area contributed by atoms with Crippen LogP contribution >= 0.6 is 0 Å². The molecule has 5 nitrogen and oxygen atoms in total. The summed E-state index contributed by atoms with van der Waals surface area (Å²) in [5.74, 6) is -0.184. The zero-order valence-corrected chi connectivity index (χ0v) is 15.3. The van der Waals surface area contributed by atoms with Crippen molar-refractivity contribution in [2.45, 2.75) is 6.18 Å². The minimum absolute atomic E-state index is 0.157. The Morgan fingerprint density at radius 3 is 2.30 bits per heavy atom. The summed E-state index contributed by atoms with van der Waals surface area (Å²) in [5.41, 5.74) is -0.534. The predicted octanol–water partition coefficient (Wildman–Crippen LogP) is 6.47. The van der Waals surface area contributed by atoms with E-state index >= 15 is 0 Å². The summed E-state index contributed by atoms with van der Waals surface area (Å²) in [6.07, 6.45) is -3.18.